The van der Waals surface area contributed by atoms with Crippen LogP contribution in [0.5, 0.6) is 0 Å². The smallest absolute Gasteiger partial charge is 0.143 e. The van der Waals surface area contributed by atoms with Gasteiger partial charge in [0, 0.05) is 49.7 Å². The van der Waals surface area contributed by atoms with Crippen LogP contribution in [0.15, 0.2) is 199 Å². The summed E-state index contributed by atoms with van der Waals surface area (Å²) in [5.74, 6) is 0. The van der Waals surface area contributed by atoms with Crippen molar-refractivity contribution in [2.24, 2.45) is 0 Å². The number of aromatic nitrogens is 1. The number of fused-ring (bicyclic) bond motifs is 6. The van der Waals surface area contributed by atoms with Crippen LogP contribution >= 0.6 is 0 Å². The number of furan rings is 1. The van der Waals surface area contributed by atoms with Gasteiger partial charge in [0.2, 0.25) is 0 Å². The zero-order chi connectivity index (χ0) is 33.7. The summed E-state index contributed by atoms with van der Waals surface area (Å²) in [4.78, 5) is 2.33. The molecule has 2 heterocycles. The van der Waals surface area contributed by atoms with E-state index in [4.69, 9.17) is 4.42 Å². The van der Waals surface area contributed by atoms with Gasteiger partial charge in [-0.15, -0.1) is 0 Å². The summed E-state index contributed by atoms with van der Waals surface area (Å²) in [6.45, 7) is 0. The molecule has 0 atom stereocenters. The highest BCUT2D eigenvalue weighted by Gasteiger charge is 2.18. The first-order valence-electron chi connectivity index (χ1n) is 17.4. The monoisotopic (exact) mass is 652 g/mol. The van der Waals surface area contributed by atoms with Crippen LogP contribution in [0.2, 0.25) is 0 Å². The first-order chi connectivity index (χ1) is 25.3. The Morgan fingerprint density at radius 1 is 0.373 bits per heavy atom. The molecule has 0 saturated heterocycles. The van der Waals surface area contributed by atoms with E-state index in [0.717, 1.165) is 61.4 Å². The van der Waals surface area contributed by atoms with Gasteiger partial charge in [0.25, 0.3) is 0 Å². The molecule has 240 valence electrons. The third-order valence-corrected chi connectivity index (χ3v) is 10.00. The maximum absolute atomic E-state index is 6.38. The second-order valence-electron chi connectivity index (χ2n) is 12.9. The van der Waals surface area contributed by atoms with Gasteiger partial charge in [-0.25, -0.2) is 0 Å². The maximum atomic E-state index is 6.38. The number of rotatable bonds is 6. The maximum Gasteiger partial charge on any atom is 0.143 e. The average molecular weight is 653 g/mol. The van der Waals surface area contributed by atoms with Crippen LogP contribution in [0, 0.1) is 0 Å². The topological polar surface area (TPSA) is 21.3 Å². The van der Waals surface area contributed by atoms with Crippen molar-refractivity contribution in [2.45, 2.75) is 0 Å². The van der Waals surface area contributed by atoms with Gasteiger partial charge < -0.3 is 13.9 Å². The number of benzene rings is 8. The zero-order valence-corrected chi connectivity index (χ0v) is 27.8. The van der Waals surface area contributed by atoms with Gasteiger partial charge in [0.1, 0.15) is 11.2 Å². The summed E-state index contributed by atoms with van der Waals surface area (Å²) < 4.78 is 8.79. The summed E-state index contributed by atoms with van der Waals surface area (Å²) in [7, 11) is 0. The highest BCUT2D eigenvalue weighted by atomic mass is 16.3. The molecule has 0 radical (unpaired) electrons. The Balaban J connectivity index is 1.09. The third kappa shape index (κ3) is 4.82. The van der Waals surface area contributed by atoms with E-state index in [-0.39, 0.29) is 0 Å². The minimum Gasteiger partial charge on any atom is -0.455 e. The van der Waals surface area contributed by atoms with E-state index in [2.05, 4.69) is 191 Å². The highest BCUT2D eigenvalue weighted by molar-refractivity contribution is 6.10. The normalized spacial score (nSPS) is 11.5. The number of anilines is 3. The van der Waals surface area contributed by atoms with Crippen molar-refractivity contribution in [3.8, 4) is 27.9 Å². The van der Waals surface area contributed by atoms with Crippen molar-refractivity contribution >= 4 is 60.8 Å². The van der Waals surface area contributed by atoms with Crippen LogP contribution in [0.1, 0.15) is 0 Å². The van der Waals surface area contributed by atoms with Gasteiger partial charge in [0.15, 0.2) is 0 Å². The largest absolute Gasteiger partial charge is 0.455 e. The molecule has 0 aliphatic rings. The third-order valence-electron chi connectivity index (χ3n) is 10.00. The Morgan fingerprint density at radius 3 is 1.73 bits per heavy atom. The fourth-order valence-corrected chi connectivity index (χ4v) is 7.70. The van der Waals surface area contributed by atoms with Crippen molar-refractivity contribution in [3.63, 3.8) is 0 Å². The zero-order valence-electron chi connectivity index (χ0n) is 27.8. The van der Waals surface area contributed by atoms with Gasteiger partial charge in [0.05, 0.1) is 16.7 Å². The minimum atomic E-state index is 0.909. The van der Waals surface area contributed by atoms with Crippen LogP contribution in [-0.4, -0.2) is 4.57 Å². The van der Waals surface area contributed by atoms with Crippen molar-refractivity contribution in [1.82, 2.24) is 4.57 Å². The Bertz CT molecular complexity index is 2810. The van der Waals surface area contributed by atoms with E-state index in [1.165, 1.54) is 27.4 Å². The molecule has 0 unspecified atom stereocenters. The Morgan fingerprint density at radius 2 is 0.941 bits per heavy atom. The van der Waals surface area contributed by atoms with Crippen LogP contribution < -0.4 is 4.90 Å². The molecule has 0 amide bonds. The molecule has 0 saturated carbocycles. The summed E-state index contributed by atoms with van der Waals surface area (Å²) in [5.41, 5.74) is 13.2. The Hall–Kier alpha value is -6.84. The molecule has 0 bridgehead atoms. The van der Waals surface area contributed by atoms with Crippen LogP contribution in [0.25, 0.3) is 71.7 Å². The molecule has 10 aromatic rings. The van der Waals surface area contributed by atoms with E-state index in [9.17, 15) is 0 Å². The highest BCUT2D eigenvalue weighted by Crippen LogP contribution is 2.41. The molecular weight excluding hydrogens is 621 g/mol. The molecule has 3 heteroatoms. The molecule has 8 aromatic carbocycles. The van der Waals surface area contributed by atoms with Crippen LogP contribution in [-0.2, 0) is 0 Å². The lowest BCUT2D eigenvalue weighted by molar-refractivity contribution is 0.670. The van der Waals surface area contributed by atoms with Crippen molar-refractivity contribution in [2.75, 3.05) is 4.90 Å². The first-order valence-corrected chi connectivity index (χ1v) is 17.4. The standard InChI is InChI=1S/C48H32N2O/c1-2-15-35(16-3-1)49(36-30-28-33(29-31-36)39-22-13-23-43-42-21-7-11-27-47(42)51-48(39)43)37-17-12-14-34(32-37)38-18-4-8-24-44(38)50-45-25-9-5-19-40(45)41-20-6-10-26-46(41)50/h1-32H. The fraction of sp³-hybridized carbons (Fsp3) is 0. The molecule has 0 fully saturated rings. The lowest BCUT2D eigenvalue weighted by atomic mass is 10.0. The molecule has 10 rings (SSSR count). The fourth-order valence-electron chi connectivity index (χ4n) is 7.70. The molecule has 0 N–H and O–H groups in total. The molecule has 0 spiro atoms. The van der Waals surface area contributed by atoms with Crippen molar-refractivity contribution in [3.05, 3.63) is 194 Å². The second kappa shape index (κ2) is 11.9. The van der Waals surface area contributed by atoms with Gasteiger partial charge >= 0.3 is 0 Å². The summed E-state index contributed by atoms with van der Waals surface area (Å²) in [6.07, 6.45) is 0. The predicted octanol–water partition coefficient (Wildman–Crippen LogP) is 13.5. The SMILES string of the molecule is c1ccc(N(c2ccc(-c3cccc4c3oc3ccccc34)cc2)c2cccc(-c3ccccc3-n3c4ccccc4c4ccccc43)c2)cc1. The molecule has 2 aromatic heterocycles. The number of hydrogen-bond acceptors (Lipinski definition) is 2. The lowest BCUT2D eigenvalue weighted by Gasteiger charge is -2.26. The molecule has 3 nitrogen and oxygen atoms in total. The molecule has 0 aliphatic carbocycles. The van der Waals surface area contributed by atoms with Gasteiger partial charge in [-0.05, 0) is 71.8 Å². The number of nitrogens with zero attached hydrogens (tertiary/aromatic N) is 2. The first kappa shape index (κ1) is 29.1. The summed E-state index contributed by atoms with van der Waals surface area (Å²) in [5, 5.41) is 4.79. The van der Waals surface area contributed by atoms with E-state index in [1.54, 1.807) is 0 Å². The van der Waals surface area contributed by atoms with E-state index < -0.39 is 0 Å². The summed E-state index contributed by atoms with van der Waals surface area (Å²) >= 11 is 0. The van der Waals surface area contributed by atoms with E-state index in [0.29, 0.717) is 0 Å². The van der Waals surface area contributed by atoms with Crippen LogP contribution in [0.3, 0.4) is 0 Å². The van der Waals surface area contributed by atoms with Crippen molar-refractivity contribution < 1.29 is 4.42 Å². The quantitative estimate of drug-likeness (QED) is 0.178. The predicted molar refractivity (Wildman–Crippen MR) is 214 cm³/mol. The lowest BCUT2D eigenvalue weighted by Crippen LogP contribution is -2.10. The van der Waals surface area contributed by atoms with Gasteiger partial charge in [-0.3, -0.25) is 0 Å². The number of hydrogen-bond donors (Lipinski definition) is 0. The average Bonchev–Trinajstić information content (AvgIpc) is 3.75. The molecular formula is C48H32N2O. The molecule has 0 aliphatic heterocycles. The Kier molecular flexibility index (Phi) is 6.81. The molecule has 51 heavy (non-hydrogen) atoms. The summed E-state index contributed by atoms with van der Waals surface area (Å²) in [6, 6.07) is 69.1. The van der Waals surface area contributed by atoms with Gasteiger partial charge in [-0.1, -0.05) is 133 Å². The Labute approximate surface area is 295 Å². The van der Waals surface area contributed by atoms with E-state index in [1.807, 2.05) is 12.1 Å². The van der Waals surface area contributed by atoms with Gasteiger partial charge in [-0.2, -0.15) is 0 Å². The number of para-hydroxylation sites is 6. The van der Waals surface area contributed by atoms with Crippen molar-refractivity contribution in [1.29, 1.82) is 0 Å². The van der Waals surface area contributed by atoms with E-state index >= 15 is 0 Å². The van der Waals surface area contributed by atoms with Crippen LogP contribution in [0.4, 0.5) is 17.1 Å². The second-order valence-corrected chi connectivity index (χ2v) is 12.9. The minimum absolute atomic E-state index is 0.909.